The van der Waals surface area contributed by atoms with E-state index < -0.39 is 23.7 Å². The zero-order valence-electron chi connectivity index (χ0n) is 20.2. The van der Waals surface area contributed by atoms with E-state index in [4.69, 9.17) is 9.47 Å². The topological polar surface area (TPSA) is 106 Å². The predicted octanol–water partition coefficient (Wildman–Crippen LogP) is 4.67. The van der Waals surface area contributed by atoms with Crippen molar-refractivity contribution >= 4 is 29.1 Å². The molecule has 1 atom stereocenters. The van der Waals surface area contributed by atoms with Gasteiger partial charge in [0.2, 0.25) is 0 Å². The molecule has 0 aliphatic carbocycles. The fourth-order valence-electron chi connectivity index (χ4n) is 4.05. The maximum Gasteiger partial charge on any atom is 0.338 e. The van der Waals surface area contributed by atoms with Gasteiger partial charge < -0.3 is 14.6 Å². The van der Waals surface area contributed by atoms with Crippen molar-refractivity contribution in [1.29, 1.82) is 0 Å². The molecule has 1 fully saturated rings. The predicted molar refractivity (Wildman–Crippen MR) is 134 cm³/mol. The molecule has 3 aromatic rings. The second kappa shape index (κ2) is 10.4. The number of rotatable bonds is 7. The Morgan fingerprint density at radius 2 is 1.81 bits per heavy atom. The number of ketones is 1. The van der Waals surface area contributed by atoms with Crippen molar-refractivity contribution in [3.8, 4) is 5.75 Å². The van der Waals surface area contributed by atoms with Crippen molar-refractivity contribution in [3.05, 3.63) is 95.3 Å². The van der Waals surface area contributed by atoms with Crippen LogP contribution in [-0.2, 0) is 14.3 Å². The highest BCUT2D eigenvalue weighted by atomic mass is 16.5. The molecule has 1 aliphatic rings. The molecule has 0 bridgehead atoms. The molecule has 1 saturated heterocycles. The first-order chi connectivity index (χ1) is 17.3. The van der Waals surface area contributed by atoms with Crippen LogP contribution >= 0.6 is 0 Å². The molecule has 1 unspecified atom stereocenters. The average Bonchev–Trinajstić information content (AvgIpc) is 3.14. The molecule has 8 heteroatoms. The Labute approximate surface area is 208 Å². The van der Waals surface area contributed by atoms with Gasteiger partial charge in [-0.3, -0.25) is 19.5 Å². The Kier molecular flexibility index (Phi) is 7.15. The lowest BCUT2D eigenvalue weighted by Crippen LogP contribution is -2.29. The van der Waals surface area contributed by atoms with Gasteiger partial charge in [0.1, 0.15) is 11.5 Å². The van der Waals surface area contributed by atoms with Crippen molar-refractivity contribution in [3.63, 3.8) is 0 Å². The van der Waals surface area contributed by atoms with E-state index in [1.807, 2.05) is 6.92 Å². The van der Waals surface area contributed by atoms with Gasteiger partial charge in [-0.1, -0.05) is 18.2 Å². The lowest BCUT2D eigenvalue weighted by atomic mass is 9.96. The van der Waals surface area contributed by atoms with Gasteiger partial charge in [0, 0.05) is 23.6 Å². The van der Waals surface area contributed by atoms with Gasteiger partial charge in [-0.25, -0.2) is 4.79 Å². The molecule has 1 amide bonds. The van der Waals surface area contributed by atoms with Crippen molar-refractivity contribution in [2.24, 2.45) is 0 Å². The highest BCUT2D eigenvalue weighted by molar-refractivity contribution is 6.51. The minimum absolute atomic E-state index is 0.0649. The van der Waals surface area contributed by atoms with Crippen LogP contribution in [0, 0.1) is 0 Å². The summed E-state index contributed by atoms with van der Waals surface area (Å²) in [5, 5.41) is 11.2. The lowest BCUT2D eigenvalue weighted by molar-refractivity contribution is -0.132. The first kappa shape index (κ1) is 24.7. The summed E-state index contributed by atoms with van der Waals surface area (Å²) in [5.41, 5.74) is 1.52. The fraction of sp³-hybridized carbons (Fsp3) is 0.214. The van der Waals surface area contributed by atoms with E-state index in [0.717, 1.165) is 0 Å². The quantitative estimate of drug-likeness (QED) is 0.224. The highest BCUT2D eigenvalue weighted by Crippen LogP contribution is 2.42. The second-order valence-electron chi connectivity index (χ2n) is 8.42. The van der Waals surface area contributed by atoms with E-state index in [-0.39, 0.29) is 17.4 Å². The Morgan fingerprint density at radius 3 is 2.44 bits per heavy atom. The first-order valence-electron chi connectivity index (χ1n) is 11.6. The number of aliphatic hydroxyl groups is 1. The zero-order valence-corrected chi connectivity index (χ0v) is 20.2. The van der Waals surface area contributed by atoms with Crippen LogP contribution in [-0.4, -0.2) is 40.5 Å². The van der Waals surface area contributed by atoms with Gasteiger partial charge in [-0.05, 0) is 68.8 Å². The summed E-state index contributed by atoms with van der Waals surface area (Å²) in [6, 6.07) is 15.4. The van der Waals surface area contributed by atoms with Gasteiger partial charge in [-0.15, -0.1) is 0 Å². The number of esters is 1. The summed E-state index contributed by atoms with van der Waals surface area (Å²) in [6.07, 6.45) is 2.85. The number of benzene rings is 2. The summed E-state index contributed by atoms with van der Waals surface area (Å²) in [7, 11) is 0. The maximum atomic E-state index is 13.3. The summed E-state index contributed by atoms with van der Waals surface area (Å²) < 4.78 is 10.7. The Hall–Kier alpha value is -4.46. The average molecular weight is 487 g/mol. The van der Waals surface area contributed by atoms with E-state index in [1.54, 1.807) is 74.8 Å². The van der Waals surface area contributed by atoms with Gasteiger partial charge in [0.05, 0.1) is 29.9 Å². The Morgan fingerprint density at radius 1 is 1.06 bits per heavy atom. The van der Waals surface area contributed by atoms with E-state index in [1.165, 1.54) is 17.0 Å². The van der Waals surface area contributed by atoms with Crippen LogP contribution in [0.25, 0.3) is 5.76 Å². The number of ether oxygens (including phenoxy) is 2. The summed E-state index contributed by atoms with van der Waals surface area (Å²) >= 11 is 0. The molecular formula is C28H26N2O6. The number of nitrogens with zero attached hydrogens (tertiary/aromatic N) is 2. The minimum atomic E-state index is -0.928. The number of carbonyl (C=O) groups excluding carboxylic acids is 3. The third-order valence-electron chi connectivity index (χ3n) is 5.59. The number of aliphatic hydroxyl groups excluding tert-OH is 1. The van der Waals surface area contributed by atoms with Gasteiger partial charge in [-0.2, -0.15) is 0 Å². The molecular weight excluding hydrogens is 460 g/mol. The van der Waals surface area contributed by atoms with Crippen LogP contribution < -0.4 is 9.64 Å². The maximum absolute atomic E-state index is 13.3. The Bertz CT molecular complexity index is 1320. The molecule has 0 spiro atoms. The van der Waals surface area contributed by atoms with Crippen molar-refractivity contribution < 1.29 is 29.0 Å². The number of hydrogen-bond acceptors (Lipinski definition) is 7. The molecule has 184 valence electrons. The molecule has 4 rings (SSSR count). The van der Waals surface area contributed by atoms with Crippen LogP contribution in [0.4, 0.5) is 5.69 Å². The number of carbonyl (C=O) groups is 3. The largest absolute Gasteiger partial charge is 0.507 e. The van der Waals surface area contributed by atoms with E-state index >= 15 is 0 Å². The molecule has 2 aromatic carbocycles. The third kappa shape index (κ3) is 4.84. The number of anilines is 1. The monoisotopic (exact) mass is 486 g/mol. The van der Waals surface area contributed by atoms with Gasteiger partial charge in [0.25, 0.3) is 11.7 Å². The van der Waals surface area contributed by atoms with E-state index in [9.17, 15) is 19.5 Å². The molecule has 1 aromatic heterocycles. The third-order valence-corrected chi connectivity index (χ3v) is 5.59. The van der Waals surface area contributed by atoms with Crippen LogP contribution in [0.2, 0.25) is 0 Å². The lowest BCUT2D eigenvalue weighted by Gasteiger charge is -2.25. The molecule has 0 saturated carbocycles. The van der Waals surface area contributed by atoms with Crippen LogP contribution in [0.5, 0.6) is 5.75 Å². The van der Waals surface area contributed by atoms with E-state index in [2.05, 4.69) is 4.98 Å². The standard InChI is InChI=1S/C28H26N2O6/c1-4-35-22-9-5-7-19(15-22)25(31)23-24(20-8-6-14-29-16-20)30(27(33)26(23)32)21-12-10-18(11-13-21)28(34)36-17(2)3/h5-17,24,31H,4H2,1-3H3/b25-23+. The van der Waals surface area contributed by atoms with Crippen molar-refractivity contribution in [2.75, 3.05) is 11.5 Å². The smallest absolute Gasteiger partial charge is 0.338 e. The number of aromatic nitrogens is 1. The normalized spacial score (nSPS) is 16.9. The molecule has 2 heterocycles. The fourth-order valence-corrected chi connectivity index (χ4v) is 4.05. The Balaban J connectivity index is 1.81. The molecule has 8 nitrogen and oxygen atoms in total. The number of Topliss-reactive ketones (excluding diaryl/α,β-unsaturated/α-hetero) is 1. The zero-order chi connectivity index (χ0) is 25.8. The van der Waals surface area contributed by atoms with E-state index in [0.29, 0.717) is 34.7 Å². The van der Waals surface area contributed by atoms with Crippen LogP contribution in [0.1, 0.15) is 48.3 Å². The summed E-state index contributed by atoms with van der Waals surface area (Å²) in [6.45, 7) is 5.78. The molecule has 0 radical (unpaired) electrons. The molecule has 1 aliphatic heterocycles. The molecule has 1 N–H and O–H groups in total. The minimum Gasteiger partial charge on any atom is -0.507 e. The number of amides is 1. The van der Waals surface area contributed by atoms with Gasteiger partial charge >= 0.3 is 5.97 Å². The van der Waals surface area contributed by atoms with Crippen LogP contribution in [0.3, 0.4) is 0 Å². The second-order valence-corrected chi connectivity index (χ2v) is 8.42. The van der Waals surface area contributed by atoms with Crippen molar-refractivity contribution in [1.82, 2.24) is 4.98 Å². The number of hydrogen-bond donors (Lipinski definition) is 1. The summed E-state index contributed by atoms with van der Waals surface area (Å²) in [4.78, 5) is 44.2. The SMILES string of the molecule is CCOc1cccc(/C(O)=C2\C(=O)C(=O)N(c3ccc(C(=O)OC(C)C)cc3)C2c2cccnc2)c1. The summed E-state index contributed by atoms with van der Waals surface area (Å²) in [5.74, 6) is -1.91. The molecule has 36 heavy (non-hydrogen) atoms. The van der Waals surface area contributed by atoms with Crippen LogP contribution in [0.15, 0.2) is 78.6 Å². The number of pyridine rings is 1. The highest BCUT2D eigenvalue weighted by Gasteiger charge is 2.47. The van der Waals surface area contributed by atoms with Crippen molar-refractivity contribution in [2.45, 2.75) is 32.9 Å². The first-order valence-corrected chi connectivity index (χ1v) is 11.6. The van der Waals surface area contributed by atoms with Gasteiger partial charge in [0.15, 0.2) is 0 Å².